The lowest BCUT2D eigenvalue weighted by molar-refractivity contribution is -0.148. The van der Waals surface area contributed by atoms with Gasteiger partial charge < -0.3 is 10.1 Å². The number of carbonyl (C=O) groups excluding carboxylic acids is 4. The predicted molar refractivity (Wildman–Crippen MR) is 97.7 cm³/mol. The molecule has 0 aromatic heterocycles. The summed E-state index contributed by atoms with van der Waals surface area (Å²) in [4.78, 5) is 49.3. The van der Waals surface area contributed by atoms with Gasteiger partial charge in [-0.3, -0.25) is 24.1 Å². The number of ether oxygens (including phenoxy) is 1. The number of likely N-dealkylation sites (tertiary alicyclic amines) is 1. The second-order valence-corrected chi connectivity index (χ2v) is 7.00. The highest BCUT2D eigenvalue weighted by Gasteiger charge is 2.46. The molecule has 2 aliphatic rings. The van der Waals surface area contributed by atoms with Gasteiger partial charge in [0.2, 0.25) is 11.8 Å². The fourth-order valence-corrected chi connectivity index (χ4v) is 3.46. The normalized spacial score (nSPS) is 20.9. The van der Waals surface area contributed by atoms with Crippen LogP contribution in [-0.4, -0.2) is 41.7 Å². The molecule has 1 heterocycles. The minimum Gasteiger partial charge on any atom is -0.456 e. The summed E-state index contributed by atoms with van der Waals surface area (Å²) in [6.45, 7) is -0.712. The first-order valence-corrected chi connectivity index (χ1v) is 9.15. The summed E-state index contributed by atoms with van der Waals surface area (Å²) < 4.78 is 18.4. The molecule has 1 aliphatic heterocycles. The molecule has 9 heteroatoms. The lowest BCUT2D eigenvalue weighted by atomic mass is 9.85. The Hall–Kier alpha value is -2.74. The number of amides is 3. The van der Waals surface area contributed by atoms with Crippen molar-refractivity contribution in [2.75, 3.05) is 18.5 Å². The number of esters is 1. The van der Waals surface area contributed by atoms with Gasteiger partial charge in [-0.1, -0.05) is 23.8 Å². The van der Waals surface area contributed by atoms with Crippen LogP contribution in [0.3, 0.4) is 0 Å². The lowest BCUT2D eigenvalue weighted by Gasteiger charge is -2.14. The number of fused-ring (bicyclic) bond motifs is 1. The average Bonchev–Trinajstić information content (AvgIpc) is 2.92. The average molecular weight is 409 g/mol. The quantitative estimate of drug-likeness (QED) is 0.443. The van der Waals surface area contributed by atoms with E-state index in [0.29, 0.717) is 12.8 Å². The minimum absolute atomic E-state index is 0.0892. The van der Waals surface area contributed by atoms with E-state index in [9.17, 15) is 23.6 Å². The van der Waals surface area contributed by atoms with Crippen LogP contribution in [0, 0.1) is 17.7 Å². The van der Waals surface area contributed by atoms with E-state index < -0.39 is 24.3 Å². The molecule has 148 valence electrons. The molecule has 0 spiro atoms. The van der Waals surface area contributed by atoms with Crippen LogP contribution in [0.4, 0.5) is 10.1 Å². The standard InChI is InChI=1S/C19H18ClFN2O5/c20-11-5-6-14(21)15(9-11)22-16(24)10-28-17(25)7-8-23-18(26)12-3-1-2-4-13(12)19(23)27/h1-2,5-6,9,12-13H,3-4,7-8,10H2,(H,22,24)/t12-,13-/m1/s1. The minimum atomic E-state index is -0.740. The first-order chi connectivity index (χ1) is 13.4. The fraction of sp³-hybridized carbons (Fsp3) is 0.368. The zero-order valence-corrected chi connectivity index (χ0v) is 15.6. The molecule has 1 N–H and O–H groups in total. The number of rotatable bonds is 6. The van der Waals surface area contributed by atoms with E-state index in [1.807, 2.05) is 12.2 Å². The maximum atomic E-state index is 13.6. The van der Waals surface area contributed by atoms with Crippen molar-refractivity contribution in [1.29, 1.82) is 0 Å². The first-order valence-electron chi connectivity index (χ1n) is 8.77. The van der Waals surface area contributed by atoms with Crippen molar-refractivity contribution < 1.29 is 28.3 Å². The molecule has 0 radical (unpaired) electrons. The van der Waals surface area contributed by atoms with Gasteiger partial charge in [0.25, 0.3) is 5.91 Å². The number of allylic oxidation sites excluding steroid dienone is 2. The van der Waals surface area contributed by atoms with Crippen molar-refractivity contribution >= 4 is 41.0 Å². The molecule has 0 bridgehead atoms. The van der Waals surface area contributed by atoms with Gasteiger partial charge in [0, 0.05) is 11.6 Å². The molecule has 3 amide bonds. The Balaban J connectivity index is 1.45. The van der Waals surface area contributed by atoms with Crippen molar-refractivity contribution in [3.05, 3.63) is 41.2 Å². The van der Waals surface area contributed by atoms with Gasteiger partial charge in [0.1, 0.15) is 5.82 Å². The summed E-state index contributed by atoms with van der Waals surface area (Å²) in [5.41, 5.74) is -0.127. The molecule has 1 fully saturated rings. The molecule has 3 rings (SSSR count). The molecular formula is C19H18ClFN2O5. The number of carbonyl (C=O) groups is 4. The molecule has 28 heavy (non-hydrogen) atoms. The van der Waals surface area contributed by atoms with Gasteiger partial charge in [0.05, 0.1) is 23.9 Å². The molecule has 0 saturated carbocycles. The molecule has 0 unspecified atom stereocenters. The summed E-state index contributed by atoms with van der Waals surface area (Å²) in [5, 5.41) is 2.49. The highest BCUT2D eigenvalue weighted by atomic mass is 35.5. The van der Waals surface area contributed by atoms with Crippen LogP contribution in [-0.2, 0) is 23.9 Å². The van der Waals surface area contributed by atoms with E-state index in [2.05, 4.69) is 5.32 Å². The highest BCUT2D eigenvalue weighted by Crippen LogP contribution is 2.35. The Bertz CT molecular complexity index is 831. The Kier molecular flexibility index (Phi) is 6.08. The summed E-state index contributed by atoms with van der Waals surface area (Å²) in [6.07, 6.45) is 4.59. The van der Waals surface area contributed by atoms with Crippen molar-refractivity contribution in [3.63, 3.8) is 0 Å². The lowest BCUT2D eigenvalue weighted by Crippen LogP contribution is -2.33. The largest absolute Gasteiger partial charge is 0.456 e. The monoisotopic (exact) mass is 408 g/mol. The summed E-state index contributed by atoms with van der Waals surface area (Å²) in [5.74, 6) is -3.41. The number of imide groups is 1. The number of hydrogen-bond donors (Lipinski definition) is 1. The van der Waals surface area contributed by atoms with Gasteiger partial charge in [0.15, 0.2) is 6.61 Å². The SMILES string of the molecule is O=C(COC(=O)CCN1C(=O)[C@@H]2CC=CC[C@H]2C1=O)Nc1cc(Cl)ccc1F. The molecule has 1 aromatic carbocycles. The van der Waals surface area contributed by atoms with Crippen LogP contribution in [0.15, 0.2) is 30.4 Å². The summed E-state index contributed by atoms with van der Waals surface area (Å²) >= 11 is 5.73. The van der Waals surface area contributed by atoms with Crippen LogP contribution in [0.5, 0.6) is 0 Å². The maximum Gasteiger partial charge on any atom is 0.308 e. The van der Waals surface area contributed by atoms with E-state index >= 15 is 0 Å². The zero-order valence-electron chi connectivity index (χ0n) is 14.8. The smallest absolute Gasteiger partial charge is 0.308 e. The number of hydrogen-bond acceptors (Lipinski definition) is 5. The topological polar surface area (TPSA) is 92.8 Å². The van der Waals surface area contributed by atoms with Crippen molar-refractivity contribution in [2.24, 2.45) is 11.8 Å². The highest BCUT2D eigenvalue weighted by molar-refractivity contribution is 6.30. The van der Waals surface area contributed by atoms with Crippen LogP contribution >= 0.6 is 11.6 Å². The van der Waals surface area contributed by atoms with Crippen LogP contribution in [0.2, 0.25) is 5.02 Å². The molecule has 1 aromatic rings. The van der Waals surface area contributed by atoms with Crippen molar-refractivity contribution in [1.82, 2.24) is 4.90 Å². The number of benzene rings is 1. The summed E-state index contributed by atoms with van der Waals surface area (Å²) in [6, 6.07) is 3.66. The molecule has 1 aliphatic carbocycles. The fourth-order valence-electron chi connectivity index (χ4n) is 3.29. The van der Waals surface area contributed by atoms with E-state index in [1.165, 1.54) is 12.1 Å². The Morgan fingerprint density at radius 1 is 1.18 bits per heavy atom. The second kappa shape index (κ2) is 8.52. The van der Waals surface area contributed by atoms with Crippen LogP contribution in [0.25, 0.3) is 0 Å². The van der Waals surface area contributed by atoms with Crippen LogP contribution in [0.1, 0.15) is 19.3 Å². The Morgan fingerprint density at radius 2 is 1.82 bits per heavy atom. The Labute approximate surface area is 165 Å². The van der Waals surface area contributed by atoms with Gasteiger partial charge >= 0.3 is 5.97 Å². The molecule has 2 atom stereocenters. The van der Waals surface area contributed by atoms with Gasteiger partial charge in [-0.05, 0) is 31.0 Å². The van der Waals surface area contributed by atoms with E-state index in [0.717, 1.165) is 11.0 Å². The first kappa shape index (κ1) is 20.0. The number of anilines is 1. The van der Waals surface area contributed by atoms with Gasteiger partial charge in [-0.2, -0.15) is 0 Å². The van der Waals surface area contributed by atoms with E-state index in [4.69, 9.17) is 16.3 Å². The maximum absolute atomic E-state index is 13.6. The molecule has 7 nitrogen and oxygen atoms in total. The summed E-state index contributed by atoms with van der Waals surface area (Å²) in [7, 11) is 0. The molecule has 1 saturated heterocycles. The Morgan fingerprint density at radius 3 is 2.46 bits per heavy atom. The number of nitrogens with zero attached hydrogens (tertiary/aromatic N) is 1. The zero-order chi connectivity index (χ0) is 20.3. The van der Waals surface area contributed by atoms with Crippen molar-refractivity contribution in [3.8, 4) is 0 Å². The third-order valence-corrected chi connectivity index (χ3v) is 4.94. The van der Waals surface area contributed by atoms with E-state index in [-0.39, 0.29) is 47.3 Å². The van der Waals surface area contributed by atoms with Gasteiger partial charge in [-0.25, -0.2) is 4.39 Å². The number of halogens is 2. The van der Waals surface area contributed by atoms with Crippen LogP contribution < -0.4 is 5.32 Å². The van der Waals surface area contributed by atoms with Crippen molar-refractivity contribution in [2.45, 2.75) is 19.3 Å². The molecular weight excluding hydrogens is 391 g/mol. The second-order valence-electron chi connectivity index (χ2n) is 6.57. The third-order valence-electron chi connectivity index (χ3n) is 4.71. The van der Waals surface area contributed by atoms with Gasteiger partial charge in [-0.15, -0.1) is 0 Å². The predicted octanol–water partition coefficient (Wildman–Crippen LogP) is 2.30. The van der Waals surface area contributed by atoms with E-state index in [1.54, 1.807) is 0 Å². The third kappa shape index (κ3) is 4.39. The number of nitrogens with one attached hydrogen (secondary N) is 1.